The van der Waals surface area contributed by atoms with Gasteiger partial charge < -0.3 is 14.8 Å². The summed E-state index contributed by atoms with van der Waals surface area (Å²) in [6.07, 6.45) is 0.748. The largest absolute Gasteiger partial charge is 0.491 e. The van der Waals surface area contributed by atoms with Crippen molar-refractivity contribution in [3.05, 3.63) is 65.4 Å². The van der Waals surface area contributed by atoms with E-state index in [9.17, 15) is 9.59 Å². The summed E-state index contributed by atoms with van der Waals surface area (Å²) in [7, 11) is 0. The van der Waals surface area contributed by atoms with E-state index in [2.05, 4.69) is 5.32 Å². The van der Waals surface area contributed by atoms with Gasteiger partial charge in [-0.3, -0.25) is 14.5 Å². The number of hydrogen-bond donors (Lipinski definition) is 1. The number of hydrogen-bond acceptors (Lipinski definition) is 5. The van der Waals surface area contributed by atoms with Crippen LogP contribution in [0.2, 0.25) is 0 Å². The second-order valence-corrected chi connectivity index (χ2v) is 8.47. The number of benzene rings is 2. The van der Waals surface area contributed by atoms with Crippen molar-refractivity contribution in [3.63, 3.8) is 0 Å². The number of anilines is 1. The number of amides is 2. The summed E-state index contributed by atoms with van der Waals surface area (Å²) >= 11 is 0. The van der Waals surface area contributed by atoms with Crippen LogP contribution in [0.1, 0.15) is 45.2 Å². The van der Waals surface area contributed by atoms with Crippen LogP contribution in [0.5, 0.6) is 5.75 Å². The van der Waals surface area contributed by atoms with Gasteiger partial charge in [0, 0.05) is 18.8 Å². The summed E-state index contributed by atoms with van der Waals surface area (Å²) < 4.78 is 11.3. The molecular formula is C26H32N2O4. The van der Waals surface area contributed by atoms with Crippen LogP contribution in [0.25, 0.3) is 5.57 Å². The molecule has 32 heavy (non-hydrogen) atoms. The third-order valence-electron chi connectivity index (χ3n) is 4.98. The van der Waals surface area contributed by atoms with Gasteiger partial charge in [0.25, 0.3) is 11.8 Å². The van der Waals surface area contributed by atoms with Gasteiger partial charge in [0.05, 0.1) is 17.8 Å². The van der Waals surface area contributed by atoms with Crippen LogP contribution in [0.4, 0.5) is 5.69 Å². The molecule has 1 heterocycles. The van der Waals surface area contributed by atoms with Crippen LogP contribution in [-0.2, 0) is 14.3 Å². The summed E-state index contributed by atoms with van der Waals surface area (Å²) in [5, 5.41) is 3.19. The topological polar surface area (TPSA) is 67.9 Å². The molecule has 6 heteroatoms. The highest BCUT2D eigenvalue weighted by Gasteiger charge is 2.38. The molecule has 2 amide bonds. The van der Waals surface area contributed by atoms with E-state index in [1.165, 1.54) is 4.90 Å². The molecule has 0 saturated heterocycles. The Labute approximate surface area is 190 Å². The molecule has 1 aliphatic rings. The van der Waals surface area contributed by atoms with Gasteiger partial charge in [0.2, 0.25) is 0 Å². The lowest BCUT2D eigenvalue weighted by molar-refractivity contribution is -0.137. The average Bonchev–Trinajstić information content (AvgIpc) is 2.97. The summed E-state index contributed by atoms with van der Waals surface area (Å²) in [6.45, 7) is 10.6. The zero-order valence-electron chi connectivity index (χ0n) is 19.5. The first-order chi connectivity index (χ1) is 15.3. The Morgan fingerprint density at radius 2 is 1.53 bits per heavy atom. The van der Waals surface area contributed by atoms with Crippen molar-refractivity contribution in [3.8, 4) is 5.75 Å². The number of rotatable bonds is 10. The van der Waals surface area contributed by atoms with Crippen LogP contribution >= 0.6 is 0 Å². The smallest absolute Gasteiger partial charge is 0.278 e. The fraction of sp³-hybridized carbons (Fsp3) is 0.385. The fourth-order valence-electron chi connectivity index (χ4n) is 3.46. The maximum absolute atomic E-state index is 13.3. The van der Waals surface area contributed by atoms with Crippen molar-refractivity contribution in [1.29, 1.82) is 0 Å². The van der Waals surface area contributed by atoms with E-state index in [0.29, 0.717) is 36.4 Å². The number of imide groups is 1. The molecule has 2 aromatic rings. The lowest BCUT2D eigenvalue weighted by atomic mass is 10.0. The second-order valence-electron chi connectivity index (χ2n) is 8.47. The molecule has 0 unspecified atom stereocenters. The molecule has 3 rings (SSSR count). The Morgan fingerprint density at radius 1 is 0.875 bits per heavy atom. The predicted molar refractivity (Wildman–Crippen MR) is 126 cm³/mol. The van der Waals surface area contributed by atoms with Crippen LogP contribution in [0.15, 0.2) is 54.2 Å². The van der Waals surface area contributed by atoms with Gasteiger partial charge in [0.1, 0.15) is 11.4 Å². The Morgan fingerprint density at radius 3 is 2.12 bits per heavy atom. The van der Waals surface area contributed by atoms with Gasteiger partial charge in [-0.05, 0) is 70.9 Å². The molecule has 1 N–H and O–H groups in total. The molecular weight excluding hydrogens is 404 g/mol. The SMILES string of the molecule is Cc1ccc(NC2=C(c3ccc(OC(C)C)cc3)C(=O)N(CCCOC(C)C)C2=O)cc1. The monoisotopic (exact) mass is 436 g/mol. The molecule has 0 aliphatic carbocycles. The molecule has 0 saturated carbocycles. The molecule has 0 aromatic heterocycles. The predicted octanol–water partition coefficient (Wildman–Crippen LogP) is 4.79. The number of carbonyl (C=O) groups excluding carboxylic acids is 2. The Bertz CT molecular complexity index is 976. The minimum absolute atomic E-state index is 0.0528. The first-order valence-electron chi connectivity index (χ1n) is 11.1. The normalized spacial score (nSPS) is 14.2. The third kappa shape index (κ3) is 5.77. The number of ether oxygens (including phenoxy) is 2. The summed E-state index contributed by atoms with van der Waals surface area (Å²) in [4.78, 5) is 27.8. The lowest BCUT2D eigenvalue weighted by Crippen LogP contribution is -2.34. The lowest BCUT2D eigenvalue weighted by Gasteiger charge is -2.16. The van der Waals surface area contributed by atoms with Crippen LogP contribution < -0.4 is 10.1 Å². The van der Waals surface area contributed by atoms with E-state index < -0.39 is 0 Å². The molecule has 6 nitrogen and oxygen atoms in total. The minimum Gasteiger partial charge on any atom is -0.491 e. The molecule has 2 aromatic carbocycles. The summed E-state index contributed by atoms with van der Waals surface area (Å²) in [5.74, 6) is 0.0983. The molecule has 1 aliphatic heterocycles. The Hall–Kier alpha value is -3.12. The maximum Gasteiger partial charge on any atom is 0.278 e. The van der Waals surface area contributed by atoms with E-state index in [-0.39, 0.29) is 24.0 Å². The number of aryl methyl sites for hydroxylation is 1. The Balaban J connectivity index is 1.89. The van der Waals surface area contributed by atoms with Crippen LogP contribution in [0, 0.1) is 6.92 Å². The van der Waals surface area contributed by atoms with E-state index in [0.717, 1.165) is 17.0 Å². The average molecular weight is 437 g/mol. The molecule has 0 bridgehead atoms. The number of carbonyl (C=O) groups is 2. The minimum atomic E-state index is -0.322. The Kier molecular flexibility index (Phi) is 7.70. The van der Waals surface area contributed by atoms with Gasteiger partial charge >= 0.3 is 0 Å². The van der Waals surface area contributed by atoms with E-state index in [4.69, 9.17) is 9.47 Å². The van der Waals surface area contributed by atoms with E-state index in [1.807, 2.05) is 83.1 Å². The zero-order chi connectivity index (χ0) is 23.3. The zero-order valence-corrected chi connectivity index (χ0v) is 19.5. The molecule has 0 fully saturated rings. The van der Waals surface area contributed by atoms with Crippen LogP contribution in [0.3, 0.4) is 0 Å². The standard InChI is InChI=1S/C26H32N2O4/c1-17(2)31-16-6-15-28-25(29)23(20-9-13-22(14-10-20)32-18(3)4)24(26(28)30)27-21-11-7-19(5)8-12-21/h7-14,17-18,27H,6,15-16H2,1-5H3. The van der Waals surface area contributed by atoms with Gasteiger partial charge in [-0.25, -0.2) is 0 Å². The van der Waals surface area contributed by atoms with Gasteiger partial charge in [0.15, 0.2) is 0 Å². The van der Waals surface area contributed by atoms with Gasteiger partial charge in [-0.1, -0.05) is 29.8 Å². The highest BCUT2D eigenvalue weighted by Crippen LogP contribution is 2.31. The van der Waals surface area contributed by atoms with Crippen LogP contribution in [-0.4, -0.2) is 42.1 Å². The third-order valence-corrected chi connectivity index (χ3v) is 4.98. The van der Waals surface area contributed by atoms with Crippen molar-refractivity contribution in [2.75, 3.05) is 18.5 Å². The van der Waals surface area contributed by atoms with Gasteiger partial charge in [-0.2, -0.15) is 0 Å². The van der Waals surface area contributed by atoms with Crippen molar-refractivity contribution < 1.29 is 19.1 Å². The van der Waals surface area contributed by atoms with E-state index in [1.54, 1.807) is 0 Å². The first kappa shape index (κ1) is 23.5. The van der Waals surface area contributed by atoms with E-state index >= 15 is 0 Å². The molecule has 0 atom stereocenters. The molecule has 0 radical (unpaired) electrons. The van der Waals surface area contributed by atoms with Crippen molar-refractivity contribution in [1.82, 2.24) is 4.90 Å². The second kappa shape index (κ2) is 10.5. The van der Waals surface area contributed by atoms with Crippen molar-refractivity contribution in [2.24, 2.45) is 0 Å². The molecule has 170 valence electrons. The number of nitrogens with one attached hydrogen (secondary N) is 1. The number of nitrogens with zero attached hydrogens (tertiary/aromatic N) is 1. The van der Waals surface area contributed by atoms with Crippen molar-refractivity contribution >= 4 is 23.1 Å². The summed E-state index contributed by atoms with van der Waals surface area (Å²) in [6, 6.07) is 15.0. The molecule has 0 spiro atoms. The highest BCUT2D eigenvalue weighted by molar-refractivity contribution is 6.36. The quantitative estimate of drug-likeness (QED) is 0.428. The fourth-order valence-corrected chi connectivity index (χ4v) is 3.46. The van der Waals surface area contributed by atoms with Gasteiger partial charge in [-0.15, -0.1) is 0 Å². The first-order valence-corrected chi connectivity index (χ1v) is 11.1. The highest BCUT2D eigenvalue weighted by atomic mass is 16.5. The maximum atomic E-state index is 13.3. The van der Waals surface area contributed by atoms with Crippen molar-refractivity contribution in [2.45, 2.75) is 53.2 Å². The summed E-state index contributed by atoms with van der Waals surface area (Å²) in [5.41, 5.74) is 3.22.